The SMILES string of the molecule is Ic1cnc(NCC2CCNCC2)nc1. The first-order chi connectivity index (χ1) is 7.34. The maximum Gasteiger partial charge on any atom is 0.222 e. The minimum atomic E-state index is 0.744. The number of hydrogen-bond acceptors (Lipinski definition) is 4. The van der Waals surface area contributed by atoms with E-state index >= 15 is 0 Å². The van der Waals surface area contributed by atoms with E-state index < -0.39 is 0 Å². The summed E-state index contributed by atoms with van der Waals surface area (Å²) in [5.41, 5.74) is 0. The van der Waals surface area contributed by atoms with Crippen LogP contribution >= 0.6 is 22.6 Å². The van der Waals surface area contributed by atoms with E-state index in [0.29, 0.717) is 0 Å². The Kier molecular flexibility index (Phi) is 4.13. The Bertz CT molecular complexity index is 295. The Morgan fingerprint density at radius 1 is 1.33 bits per heavy atom. The van der Waals surface area contributed by atoms with Crippen molar-refractivity contribution in [2.24, 2.45) is 5.92 Å². The molecule has 1 aliphatic rings. The molecule has 0 radical (unpaired) electrons. The van der Waals surface area contributed by atoms with Crippen molar-refractivity contribution >= 4 is 28.5 Å². The summed E-state index contributed by atoms with van der Waals surface area (Å²) in [7, 11) is 0. The average molecular weight is 318 g/mol. The molecule has 1 aromatic rings. The highest BCUT2D eigenvalue weighted by atomic mass is 127. The molecular weight excluding hydrogens is 303 g/mol. The molecule has 1 saturated heterocycles. The van der Waals surface area contributed by atoms with Crippen LogP contribution in [0.15, 0.2) is 12.4 Å². The second-order valence-corrected chi connectivity index (χ2v) is 5.04. The summed E-state index contributed by atoms with van der Waals surface area (Å²) in [6.45, 7) is 3.27. The van der Waals surface area contributed by atoms with Crippen molar-refractivity contribution in [3.8, 4) is 0 Å². The molecule has 5 heteroatoms. The number of nitrogens with one attached hydrogen (secondary N) is 2. The predicted octanol–water partition coefficient (Wildman–Crippen LogP) is 1.49. The molecule has 82 valence electrons. The molecule has 0 amide bonds. The number of piperidine rings is 1. The van der Waals surface area contributed by atoms with E-state index in [0.717, 1.165) is 35.1 Å². The van der Waals surface area contributed by atoms with Gasteiger partial charge >= 0.3 is 0 Å². The van der Waals surface area contributed by atoms with Crippen LogP contribution in [-0.4, -0.2) is 29.6 Å². The van der Waals surface area contributed by atoms with Gasteiger partial charge in [0.15, 0.2) is 0 Å². The van der Waals surface area contributed by atoms with Gasteiger partial charge in [0.2, 0.25) is 5.95 Å². The summed E-state index contributed by atoms with van der Waals surface area (Å²) in [4.78, 5) is 8.43. The van der Waals surface area contributed by atoms with Gasteiger partial charge in [0.1, 0.15) is 0 Å². The first-order valence-corrected chi connectivity index (χ1v) is 6.34. The Balaban J connectivity index is 1.79. The minimum absolute atomic E-state index is 0.744. The van der Waals surface area contributed by atoms with Crippen LogP contribution < -0.4 is 10.6 Å². The summed E-state index contributed by atoms with van der Waals surface area (Å²) in [5, 5.41) is 6.65. The quantitative estimate of drug-likeness (QED) is 0.829. The second-order valence-electron chi connectivity index (χ2n) is 3.80. The van der Waals surface area contributed by atoms with Gasteiger partial charge in [-0.3, -0.25) is 0 Å². The van der Waals surface area contributed by atoms with Gasteiger partial charge in [-0.2, -0.15) is 0 Å². The highest BCUT2D eigenvalue weighted by Gasteiger charge is 2.12. The molecular formula is C10H15IN4. The lowest BCUT2D eigenvalue weighted by atomic mass is 9.98. The number of nitrogens with zero attached hydrogens (tertiary/aromatic N) is 2. The molecule has 1 fully saturated rings. The highest BCUT2D eigenvalue weighted by molar-refractivity contribution is 14.1. The molecule has 1 aromatic heterocycles. The van der Waals surface area contributed by atoms with E-state index in [-0.39, 0.29) is 0 Å². The lowest BCUT2D eigenvalue weighted by Crippen LogP contribution is -2.31. The molecule has 0 unspecified atom stereocenters. The first-order valence-electron chi connectivity index (χ1n) is 5.27. The van der Waals surface area contributed by atoms with Crippen LogP contribution in [0.3, 0.4) is 0 Å². The number of aromatic nitrogens is 2. The van der Waals surface area contributed by atoms with E-state index in [1.165, 1.54) is 12.8 Å². The topological polar surface area (TPSA) is 49.8 Å². The number of hydrogen-bond donors (Lipinski definition) is 2. The van der Waals surface area contributed by atoms with Crippen molar-refractivity contribution in [1.82, 2.24) is 15.3 Å². The molecule has 2 N–H and O–H groups in total. The van der Waals surface area contributed by atoms with Crippen LogP contribution in [0.1, 0.15) is 12.8 Å². The Labute approximate surface area is 103 Å². The molecule has 0 saturated carbocycles. The molecule has 4 nitrogen and oxygen atoms in total. The Morgan fingerprint density at radius 3 is 2.67 bits per heavy atom. The second kappa shape index (κ2) is 5.60. The maximum atomic E-state index is 4.22. The van der Waals surface area contributed by atoms with Gasteiger partial charge in [-0.25, -0.2) is 9.97 Å². The van der Waals surface area contributed by atoms with Crippen molar-refractivity contribution in [1.29, 1.82) is 0 Å². The van der Waals surface area contributed by atoms with E-state index in [4.69, 9.17) is 0 Å². The first kappa shape index (κ1) is 11.1. The van der Waals surface area contributed by atoms with E-state index in [2.05, 4.69) is 43.2 Å². The molecule has 0 spiro atoms. The maximum absolute atomic E-state index is 4.22. The zero-order valence-corrected chi connectivity index (χ0v) is 10.7. The molecule has 0 aromatic carbocycles. The summed E-state index contributed by atoms with van der Waals surface area (Å²) in [5.74, 6) is 1.50. The van der Waals surface area contributed by atoms with Crippen LogP contribution in [0.25, 0.3) is 0 Å². The van der Waals surface area contributed by atoms with E-state index in [1.807, 2.05) is 12.4 Å². The Hall–Kier alpha value is -0.430. The average Bonchev–Trinajstić information content (AvgIpc) is 2.30. The lowest BCUT2D eigenvalue weighted by molar-refractivity contribution is 0.389. The monoisotopic (exact) mass is 318 g/mol. The van der Waals surface area contributed by atoms with Crippen molar-refractivity contribution in [2.75, 3.05) is 25.0 Å². The normalized spacial score (nSPS) is 17.7. The van der Waals surface area contributed by atoms with Gasteiger partial charge in [-0.15, -0.1) is 0 Å². The standard InChI is InChI=1S/C10H15IN4/c11-9-6-14-10(15-7-9)13-5-8-1-3-12-4-2-8/h6-8,12H,1-5H2,(H,13,14,15). The molecule has 0 bridgehead atoms. The number of rotatable bonds is 3. The van der Waals surface area contributed by atoms with Crippen molar-refractivity contribution in [3.05, 3.63) is 16.0 Å². The van der Waals surface area contributed by atoms with Gasteiger partial charge in [-0.05, 0) is 54.4 Å². The molecule has 1 aliphatic heterocycles. The lowest BCUT2D eigenvalue weighted by Gasteiger charge is -2.22. The highest BCUT2D eigenvalue weighted by Crippen LogP contribution is 2.12. The molecule has 0 atom stereocenters. The van der Waals surface area contributed by atoms with Gasteiger partial charge in [-0.1, -0.05) is 0 Å². The van der Waals surface area contributed by atoms with E-state index in [9.17, 15) is 0 Å². The zero-order valence-electron chi connectivity index (χ0n) is 8.54. The van der Waals surface area contributed by atoms with Crippen LogP contribution in [0.4, 0.5) is 5.95 Å². The van der Waals surface area contributed by atoms with Crippen LogP contribution in [0.2, 0.25) is 0 Å². The fourth-order valence-corrected chi connectivity index (χ4v) is 2.00. The summed E-state index contributed by atoms with van der Waals surface area (Å²) >= 11 is 2.21. The number of halogens is 1. The van der Waals surface area contributed by atoms with Crippen molar-refractivity contribution in [2.45, 2.75) is 12.8 Å². The van der Waals surface area contributed by atoms with Crippen LogP contribution in [0, 0.1) is 9.49 Å². The third-order valence-electron chi connectivity index (χ3n) is 2.63. The van der Waals surface area contributed by atoms with Gasteiger partial charge in [0, 0.05) is 22.5 Å². The third-order valence-corrected chi connectivity index (χ3v) is 3.18. The molecule has 0 aliphatic carbocycles. The predicted molar refractivity (Wildman–Crippen MR) is 68.8 cm³/mol. The summed E-state index contributed by atoms with van der Waals surface area (Å²) in [6, 6.07) is 0. The molecule has 2 heterocycles. The van der Waals surface area contributed by atoms with Gasteiger partial charge in [0.25, 0.3) is 0 Å². The number of anilines is 1. The molecule has 15 heavy (non-hydrogen) atoms. The van der Waals surface area contributed by atoms with E-state index in [1.54, 1.807) is 0 Å². The smallest absolute Gasteiger partial charge is 0.222 e. The third kappa shape index (κ3) is 3.57. The largest absolute Gasteiger partial charge is 0.354 e. The van der Waals surface area contributed by atoms with Gasteiger partial charge in [0.05, 0.1) is 0 Å². The minimum Gasteiger partial charge on any atom is -0.354 e. The summed E-state index contributed by atoms with van der Waals surface area (Å²) < 4.78 is 1.07. The van der Waals surface area contributed by atoms with Crippen molar-refractivity contribution in [3.63, 3.8) is 0 Å². The van der Waals surface area contributed by atoms with Crippen LogP contribution in [0.5, 0.6) is 0 Å². The fraction of sp³-hybridized carbons (Fsp3) is 0.600. The van der Waals surface area contributed by atoms with Gasteiger partial charge < -0.3 is 10.6 Å². The Morgan fingerprint density at radius 2 is 2.00 bits per heavy atom. The van der Waals surface area contributed by atoms with Crippen LogP contribution in [-0.2, 0) is 0 Å². The zero-order chi connectivity index (χ0) is 10.5. The van der Waals surface area contributed by atoms with Crippen molar-refractivity contribution < 1.29 is 0 Å². The summed E-state index contributed by atoms with van der Waals surface area (Å²) in [6.07, 6.45) is 6.16. The molecule has 2 rings (SSSR count). The fourth-order valence-electron chi connectivity index (χ4n) is 1.73.